The van der Waals surface area contributed by atoms with E-state index in [0.29, 0.717) is 22.6 Å². The Kier molecular flexibility index (Phi) is 5.03. The molecular formula is C22H23FN6O3. The lowest BCUT2D eigenvalue weighted by Crippen LogP contribution is -2.32. The maximum absolute atomic E-state index is 15.0. The highest BCUT2D eigenvalue weighted by Gasteiger charge is 2.46. The van der Waals surface area contributed by atoms with Crippen molar-refractivity contribution < 1.29 is 19.0 Å². The third-order valence-corrected chi connectivity index (χ3v) is 5.73. The van der Waals surface area contributed by atoms with E-state index < -0.39 is 24.6 Å². The van der Waals surface area contributed by atoms with Crippen LogP contribution in [0.25, 0.3) is 21.9 Å². The van der Waals surface area contributed by atoms with E-state index in [-0.39, 0.29) is 6.61 Å². The van der Waals surface area contributed by atoms with Gasteiger partial charge in [-0.15, -0.1) is 0 Å². The van der Waals surface area contributed by atoms with Gasteiger partial charge in [-0.25, -0.2) is 19.3 Å². The Hall–Kier alpha value is -3.50. The highest BCUT2D eigenvalue weighted by atomic mass is 19.1. The summed E-state index contributed by atoms with van der Waals surface area (Å²) in [7, 11) is 1.80. The molecule has 166 valence electrons. The van der Waals surface area contributed by atoms with Crippen molar-refractivity contribution in [3.8, 4) is 5.75 Å². The SMILES string of the molecule is CNc1ccc2ccc(OC[C@H]3O[C@@H](n4cc(C)c5c(N)ncnc54)[C@@H](F)[C@@H]3O)cc2n1. The molecule has 1 aliphatic heterocycles. The molecule has 1 aliphatic rings. The Morgan fingerprint density at radius 1 is 1.28 bits per heavy atom. The summed E-state index contributed by atoms with van der Waals surface area (Å²) in [4.78, 5) is 12.7. The van der Waals surface area contributed by atoms with Gasteiger partial charge < -0.3 is 30.2 Å². The second-order valence-electron chi connectivity index (χ2n) is 7.79. The number of nitrogens with two attached hydrogens (primary N) is 1. The number of hydrogen-bond acceptors (Lipinski definition) is 8. The second kappa shape index (κ2) is 7.88. The minimum atomic E-state index is -1.66. The van der Waals surface area contributed by atoms with Crippen molar-refractivity contribution in [2.24, 2.45) is 0 Å². The van der Waals surface area contributed by atoms with Gasteiger partial charge in [-0.3, -0.25) is 0 Å². The Morgan fingerprint density at radius 3 is 2.91 bits per heavy atom. The number of nitrogen functional groups attached to an aromatic ring is 1. The molecule has 0 aliphatic carbocycles. The molecule has 32 heavy (non-hydrogen) atoms. The number of aryl methyl sites for hydroxylation is 1. The minimum Gasteiger partial charge on any atom is -0.491 e. The van der Waals surface area contributed by atoms with Gasteiger partial charge in [0.15, 0.2) is 12.4 Å². The molecule has 4 atom stereocenters. The molecule has 4 aromatic rings. The first-order chi connectivity index (χ1) is 15.5. The first-order valence-corrected chi connectivity index (χ1v) is 10.2. The number of hydrogen-bond donors (Lipinski definition) is 3. The van der Waals surface area contributed by atoms with Crippen LogP contribution in [0.3, 0.4) is 0 Å². The summed E-state index contributed by atoms with van der Waals surface area (Å²) in [6.07, 6.45) is -1.91. The van der Waals surface area contributed by atoms with Crippen LogP contribution in [0.4, 0.5) is 16.0 Å². The fourth-order valence-electron chi connectivity index (χ4n) is 4.06. The first-order valence-electron chi connectivity index (χ1n) is 10.2. The molecule has 0 spiro atoms. The van der Waals surface area contributed by atoms with E-state index in [1.165, 1.54) is 6.33 Å². The van der Waals surface area contributed by atoms with E-state index in [0.717, 1.165) is 22.3 Å². The zero-order chi connectivity index (χ0) is 22.4. The third kappa shape index (κ3) is 3.37. The van der Waals surface area contributed by atoms with Gasteiger partial charge in [0, 0.05) is 24.7 Å². The zero-order valence-corrected chi connectivity index (χ0v) is 17.6. The average Bonchev–Trinajstić information content (AvgIpc) is 3.28. The number of fused-ring (bicyclic) bond motifs is 2. The summed E-state index contributed by atoms with van der Waals surface area (Å²) in [6.45, 7) is 1.82. The van der Waals surface area contributed by atoms with Crippen molar-refractivity contribution in [1.82, 2.24) is 19.5 Å². The molecule has 0 bridgehead atoms. The van der Waals surface area contributed by atoms with Crippen LogP contribution in [0, 0.1) is 6.92 Å². The molecule has 10 heteroatoms. The van der Waals surface area contributed by atoms with Gasteiger partial charge in [0.1, 0.15) is 48.2 Å². The number of alkyl halides is 1. The number of ether oxygens (including phenoxy) is 2. The lowest BCUT2D eigenvalue weighted by molar-refractivity contribution is -0.0410. The van der Waals surface area contributed by atoms with Crippen molar-refractivity contribution in [3.63, 3.8) is 0 Å². The van der Waals surface area contributed by atoms with Crippen LogP contribution < -0.4 is 15.8 Å². The van der Waals surface area contributed by atoms with Crippen molar-refractivity contribution in [3.05, 3.63) is 48.4 Å². The standard InChI is InChI=1S/C22H23FN6O3/c1-11-8-29(21-17(11)20(24)26-10-27-21)22-18(23)19(30)15(32-22)9-31-13-5-3-12-4-6-16(25-2)28-14(12)7-13/h3-8,10,15,18-19,22,30H,9H2,1-2H3,(H,25,28)(H2,24,26,27)/t15-,18+,19-,22-/m1/s1. The van der Waals surface area contributed by atoms with E-state index in [4.69, 9.17) is 15.2 Å². The summed E-state index contributed by atoms with van der Waals surface area (Å²) in [6, 6.07) is 9.34. The normalized spacial score (nSPS) is 23.1. The molecule has 4 heterocycles. The van der Waals surface area contributed by atoms with Gasteiger partial charge in [0.05, 0.1) is 10.9 Å². The molecule has 0 unspecified atom stereocenters. The summed E-state index contributed by atoms with van der Waals surface area (Å²) in [5, 5.41) is 15.1. The summed E-state index contributed by atoms with van der Waals surface area (Å²) in [5.74, 6) is 1.60. The van der Waals surface area contributed by atoms with E-state index >= 15 is 4.39 Å². The summed E-state index contributed by atoms with van der Waals surface area (Å²) >= 11 is 0. The maximum Gasteiger partial charge on any atom is 0.173 e. The van der Waals surface area contributed by atoms with Crippen molar-refractivity contribution in [1.29, 1.82) is 0 Å². The number of nitrogens with one attached hydrogen (secondary N) is 1. The average molecular weight is 438 g/mol. The van der Waals surface area contributed by atoms with Gasteiger partial charge in [0.25, 0.3) is 0 Å². The number of aliphatic hydroxyl groups is 1. The van der Waals surface area contributed by atoms with Crippen molar-refractivity contribution >= 4 is 33.6 Å². The Bertz CT molecular complexity index is 1300. The van der Waals surface area contributed by atoms with Crippen LogP contribution in [0.15, 0.2) is 42.9 Å². The fourth-order valence-corrected chi connectivity index (χ4v) is 4.06. The Labute approximate surface area is 183 Å². The van der Waals surface area contributed by atoms with Gasteiger partial charge in [-0.1, -0.05) is 0 Å². The number of anilines is 2. The molecule has 1 aromatic carbocycles. The minimum absolute atomic E-state index is 0.0232. The molecular weight excluding hydrogens is 415 g/mol. The van der Waals surface area contributed by atoms with Gasteiger partial charge in [-0.05, 0) is 36.8 Å². The predicted octanol–water partition coefficient (Wildman–Crippen LogP) is 2.59. The number of pyridine rings is 1. The summed E-state index contributed by atoms with van der Waals surface area (Å²) in [5.41, 5.74) is 7.96. The highest BCUT2D eigenvalue weighted by molar-refractivity contribution is 5.89. The fraction of sp³-hybridized carbons (Fsp3) is 0.318. The largest absolute Gasteiger partial charge is 0.491 e. The van der Waals surface area contributed by atoms with Crippen molar-refractivity contribution in [2.45, 2.75) is 31.5 Å². The number of nitrogens with zero attached hydrogens (tertiary/aromatic N) is 4. The number of halogens is 1. The second-order valence-corrected chi connectivity index (χ2v) is 7.79. The molecule has 0 amide bonds. The van der Waals surface area contributed by atoms with Crippen LogP contribution in [0.5, 0.6) is 5.75 Å². The quantitative estimate of drug-likeness (QED) is 0.435. The molecule has 1 fully saturated rings. The number of benzene rings is 1. The first kappa shape index (κ1) is 20.4. The van der Waals surface area contributed by atoms with E-state index in [1.807, 2.05) is 25.1 Å². The van der Waals surface area contributed by atoms with Crippen molar-refractivity contribution in [2.75, 3.05) is 24.7 Å². The Balaban J connectivity index is 1.35. The maximum atomic E-state index is 15.0. The number of rotatable bonds is 5. The molecule has 1 saturated heterocycles. The Morgan fingerprint density at radius 2 is 2.09 bits per heavy atom. The monoisotopic (exact) mass is 438 g/mol. The zero-order valence-electron chi connectivity index (χ0n) is 17.6. The molecule has 9 nitrogen and oxygen atoms in total. The lowest BCUT2D eigenvalue weighted by Gasteiger charge is -2.17. The van der Waals surface area contributed by atoms with Crippen LogP contribution in [-0.4, -0.2) is 56.7 Å². The molecule has 4 N–H and O–H groups in total. The lowest BCUT2D eigenvalue weighted by atomic mass is 10.1. The molecule has 0 saturated carbocycles. The number of aliphatic hydroxyl groups excluding tert-OH is 1. The third-order valence-electron chi connectivity index (χ3n) is 5.73. The highest BCUT2D eigenvalue weighted by Crippen LogP contribution is 2.36. The molecule has 3 aromatic heterocycles. The van der Waals surface area contributed by atoms with Gasteiger partial charge in [-0.2, -0.15) is 0 Å². The van der Waals surface area contributed by atoms with E-state index in [2.05, 4.69) is 20.3 Å². The van der Waals surface area contributed by atoms with Crippen LogP contribution in [0.2, 0.25) is 0 Å². The smallest absolute Gasteiger partial charge is 0.173 e. The van der Waals surface area contributed by atoms with Gasteiger partial charge >= 0.3 is 0 Å². The summed E-state index contributed by atoms with van der Waals surface area (Å²) < 4.78 is 28.3. The topological polar surface area (TPSA) is 120 Å². The molecule has 0 radical (unpaired) electrons. The van der Waals surface area contributed by atoms with Crippen LogP contribution in [0.1, 0.15) is 11.8 Å². The van der Waals surface area contributed by atoms with Gasteiger partial charge in [0.2, 0.25) is 0 Å². The number of aromatic nitrogens is 4. The van der Waals surface area contributed by atoms with E-state index in [1.54, 1.807) is 29.9 Å². The van der Waals surface area contributed by atoms with E-state index in [9.17, 15) is 5.11 Å². The predicted molar refractivity (Wildman–Crippen MR) is 118 cm³/mol. The molecule has 5 rings (SSSR count). The van der Waals surface area contributed by atoms with Crippen LogP contribution in [-0.2, 0) is 4.74 Å². The van der Waals surface area contributed by atoms with Crippen LogP contribution >= 0.6 is 0 Å².